The van der Waals surface area contributed by atoms with Crippen molar-refractivity contribution in [3.8, 4) is 17.2 Å². The third-order valence-electron chi connectivity index (χ3n) is 9.30. The lowest BCUT2D eigenvalue weighted by Crippen LogP contribution is -2.57. The summed E-state index contributed by atoms with van der Waals surface area (Å²) in [7, 11) is 1.59. The van der Waals surface area contributed by atoms with Crippen LogP contribution in [0, 0.1) is 19.8 Å². The minimum atomic E-state index is -1.51. The smallest absolute Gasteiger partial charge is 0.411 e. The van der Waals surface area contributed by atoms with Crippen molar-refractivity contribution in [3.05, 3.63) is 107 Å². The largest absolute Gasteiger partial charge is 0.497 e. The number of aryl methyl sites for hydroxylation is 2. The summed E-state index contributed by atoms with van der Waals surface area (Å²) in [5.41, 5.74) is 2.97. The number of benzene rings is 3. The van der Waals surface area contributed by atoms with Crippen LogP contribution >= 0.6 is 0 Å². The van der Waals surface area contributed by atoms with Gasteiger partial charge < -0.3 is 23.7 Å². The SMILES string of the molecule is COc1ccc(COC(=O)N(CC[C@H]2CCC[C@@H](OCc3nc(-c4cccc(C)c4)oc3C)C2)[C@](C)(Cc2ccccc2)C(=O)O)cc1. The first kappa shape index (κ1) is 34.7. The second-order valence-corrected chi connectivity index (χ2v) is 12.9. The maximum Gasteiger partial charge on any atom is 0.411 e. The number of rotatable bonds is 14. The van der Waals surface area contributed by atoms with Gasteiger partial charge in [0.15, 0.2) is 0 Å². The Balaban J connectivity index is 1.24. The number of oxazole rings is 1. The van der Waals surface area contributed by atoms with E-state index in [4.69, 9.17) is 23.6 Å². The Morgan fingerprint density at radius 2 is 1.75 bits per heavy atom. The highest BCUT2D eigenvalue weighted by molar-refractivity contribution is 5.84. The molecular formula is C39H46N2O7. The molecule has 1 heterocycles. The number of nitrogens with zero attached hydrogens (tertiary/aromatic N) is 2. The van der Waals surface area contributed by atoms with E-state index in [1.807, 2.05) is 74.5 Å². The van der Waals surface area contributed by atoms with Crippen molar-refractivity contribution in [1.82, 2.24) is 9.88 Å². The zero-order valence-corrected chi connectivity index (χ0v) is 28.3. The minimum Gasteiger partial charge on any atom is -0.497 e. The average molecular weight is 655 g/mol. The van der Waals surface area contributed by atoms with Crippen molar-refractivity contribution < 1.29 is 33.3 Å². The molecule has 0 spiro atoms. The molecule has 48 heavy (non-hydrogen) atoms. The van der Waals surface area contributed by atoms with Crippen LogP contribution in [0.15, 0.2) is 83.3 Å². The van der Waals surface area contributed by atoms with Crippen LogP contribution < -0.4 is 4.74 Å². The predicted octanol–water partition coefficient (Wildman–Crippen LogP) is 8.16. The normalized spacial score (nSPS) is 17.3. The Morgan fingerprint density at radius 1 is 0.979 bits per heavy atom. The van der Waals surface area contributed by atoms with Gasteiger partial charge in [0.2, 0.25) is 5.89 Å². The molecule has 9 heteroatoms. The van der Waals surface area contributed by atoms with Crippen LogP contribution in [-0.4, -0.2) is 52.4 Å². The van der Waals surface area contributed by atoms with E-state index in [-0.39, 0.29) is 31.6 Å². The van der Waals surface area contributed by atoms with Gasteiger partial charge in [0.1, 0.15) is 29.3 Å². The lowest BCUT2D eigenvalue weighted by Gasteiger charge is -2.39. The summed E-state index contributed by atoms with van der Waals surface area (Å²) in [4.78, 5) is 32.7. The topological polar surface area (TPSA) is 111 Å². The summed E-state index contributed by atoms with van der Waals surface area (Å²) in [5.74, 6) is 1.22. The first-order valence-electron chi connectivity index (χ1n) is 16.6. The number of carboxylic acids is 1. The highest BCUT2D eigenvalue weighted by Gasteiger charge is 2.43. The molecule has 1 N–H and O–H groups in total. The summed E-state index contributed by atoms with van der Waals surface area (Å²) >= 11 is 0. The summed E-state index contributed by atoms with van der Waals surface area (Å²) < 4.78 is 23.3. The lowest BCUT2D eigenvalue weighted by atomic mass is 9.84. The van der Waals surface area contributed by atoms with Gasteiger partial charge in [0.25, 0.3) is 0 Å². The first-order chi connectivity index (χ1) is 23.1. The van der Waals surface area contributed by atoms with Crippen LogP contribution in [0.5, 0.6) is 5.75 Å². The highest BCUT2D eigenvalue weighted by Crippen LogP contribution is 2.32. The van der Waals surface area contributed by atoms with Crippen molar-refractivity contribution in [3.63, 3.8) is 0 Å². The molecular weight excluding hydrogens is 608 g/mol. The number of hydrogen-bond acceptors (Lipinski definition) is 7. The number of carbonyl (C=O) groups is 2. The molecule has 1 aliphatic carbocycles. The van der Waals surface area contributed by atoms with E-state index >= 15 is 0 Å². The van der Waals surface area contributed by atoms with Crippen LogP contribution in [0.4, 0.5) is 4.79 Å². The van der Waals surface area contributed by atoms with Gasteiger partial charge in [-0.1, -0.05) is 73.0 Å². The van der Waals surface area contributed by atoms with Crippen LogP contribution in [0.25, 0.3) is 11.5 Å². The van der Waals surface area contributed by atoms with Gasteiger partial charge in [0, 0.05) is 18.5 Å². The van der Waals surface area contributed by atoms with E-state index in [0.717, 1.165) is 59.4 Å². The van der Waals surface area contributed by atoms with Crippen LogP contribution in [0.2, 0.25) is 0 Å². The lowest BCUT2D eigenvalue weighted by molar-refractivity contribution is -0.149. The Bertz CT molecular complexity index is 1650. The van der Waals surface area contributed by atoms with E-state index in [2.05, 4.69) is 6.07 Å². The zero-order chi connectivity index (χ0) is 34.1. The van der Waals surface area contributed by atoms with Crippen molar-refractivity contribution in [2.45, 2.75) is 84.2 Å². The van der Waals surface area contributed by atoms with Crippen molar-refractivity contribution in [2.75, 3.05) is 13.7 Å². The fourth-order valence-corrected chi connectivity index (χ4v) is 6.39. The van der Waals surface area contributed by atoms with Gasteiger partial charge in [-0.2, -0.15) is 0 Å². The molecule has 0 unspecified atom stereocenters. The van der Waals surface area contributed by atoms with Gasteiger partial charge in [-0.25, -0.2) is 14.6 Å². The second-order valence-electron chi connectivity index (χ2n) is 12.9. The predicted molar refractivity (Wildman–Crippen MR) is 183 cm³/mol. The fourth-order valence-electron chi connectivity index (χ4n) is 6.39. The molecule has 1 amide bonds. The third kappa shape index (κ3) is 8.83. The van der Waals surface area contributed by atoms with Crippen molar-refractivity contribution in [2.24, 2.45) is 5.92 Å². The molecule has 1 fully saturated rings. The van der Waals surface area contributed by atoms with E-state index in [1.165, 1.54) is 4.90 Å². The van der Waals surface area contributed by atoms with E-state index in [1.54, 1.807) is 26.2 Å². The van der Waals surface area contributed by atoms with Crippen molar-refractivity contribution >= 4 is 12.1 Å². The number of aromatic nitrogens is 1. The Morgan fingerprint density at radius 3 is 2.46 bits per heavy atom. The number of hydrogen-bond donors (Lipinski definition) is 1. The van der Waals surface area contributed by atoms with Gasteiger partial charge in [-0.05, 0) is 81.3 Å². The van der Waals surface area contributed by atoms with E-state index in [9.17, 15) is 14.7 Å². The molecule has 3 atom stereocenters. The number of carboxylic acid groups (broad SMARTS) is 1. The Labute approximate surface area is 282 Å². The molecule has 3 aromatic carbocycles. The molecule has 4 aromatic rings. The summed E-state index contributed by atoms with van der Waals surface area (Å²) in [6, 6.07) is 24.7. The highest BCUT2D eigenvalue weighted by atomic mass is 16.6. The van der Waals surface area contributed by atoms with Gasteiger partial charge in [-0.3, -0.25) is 4.90 Å². The Kier molecular flexibility index (Phi) is 11.5. The Hall–Kier alpha value is -4.63. The molecule has 0 bridgehead atoms. The quantitative estimate of drug-likeness (QED) is 0.145. The van der Waals surface area contributed by atoms with E-state index in [0.29, 0.717) is 24.7 Å². The van der Waals surface area contributed by atoms with Gasteiger partial charge in [-0.15, -0.1) is 0 Å². The summed E-state index contributed by atoms with van der Waals surface area (Å²) in [6.07, 6.45) is 3.90. The zero-order valence-electron chi connectivity index (χ0n) is 28.3. The molecule has 0 saturated heterocycles. The monoisotopic (exact) mass is 654 g/mol. The average Bonchev–Trinajstić information content (AvgIpc) is 3.47. The molecule has 0 aliphatic heterocycles. The third-order valence-corrected chi connectivity index (χ3v) is 9.30. The second kappa shape index (κ2) is 16.0. The fraction of sp³-hybridized carbons (Fsp3) is 0.410. The number of methoxy groups -OCH3 is 1. The maximum atomic E-state index is 13.7. The summed E-state index contributed by atoms with van der Waals surface area (Å²) in [5, 5.41) is 10.5. The number of carbonyl (C=O) groups excluding carboxylic acids is 1. The van der Waals surface area contributed by atoms with Crippen molar-refractivity contribution in [1.29, 1.82) is 0 Å². The first-order valence-corrected chi connectivity index (χ1v) is 16.6. The van der Waals surface area contributed by atoms with E-state index < -0.39 is 17.6 Å². The van der Waals surface area contributed by atoms with Gasteiger partial charge in [0.05, 0.1) is 19.8 Å². The molecule has 1 saturated carbocycles. The molecule has 5 rings (SSSR count). The number of aliphatic carboxylic acids is 1. The van der Waals surface area contributed by atoms with Crippen LogP contribution in [0.1, 0.15) is 67.2 Å². The molecule has 254 valence electrons. The molecule has 1 aliphatic rings. The maximum absolute atomic E-state index is 13.7. The minimum absolute atomic E-state index is 0.0206. The molecule has 1 aromatic heterocycles. The number of amides is 1. The van der Waals surface area contributed by atoms with Gasteiger partial charge >= 0.3 is 12.1 Å². The molecule has 9 nitrogen and oxygen atoms in total. The molecule has 0 radical (unpaired) electrons. The summed E-state index contributed by atoms with van der Waals surface area (Å²) in [6.45, 7) is 6.18. The van der Waals surface area contributed by atoms with Crippen LogP contribution in [0.3, 0.4) is 0 Å². The number of ether oxygens (including phenoxy) is 3. The van der Waals surface area contributed by atoms with Crippen LogP contribution in [-0.2, 0) is 33.9 Å². The standard InChI is InChI=1S/C39H46N2O7/c1-27-10-8-14-32(22-27)36-40-35(28(2)48-36)26-46-34-15-9-13-29(23-34)20-21-41(38(44)47-25-31-16-18-33(45-4)19-17-31)39(3,37(42)43)24-30-11-6-5-7-12-30/h5-8,10-12,14,16-19,22,29,34H,9,13,15,20-21,23-26H2,1-4H3,(H,42,43)/t29-,34-,39-/m1/s1.